The van der Waals surface area contributed by atoms with Gasteiger partial charge in [0.05, 0.1) is 4.92 Å². The van der Waals surface area contributed by atoms with Gasteiger partial charge in [-0.3, -0.25) is 15.1 Å². The van der Waals surface area contributed by atoms with Gasteiger partial charge in [0.25, 0.3) is 0 Å². The number of rotatable bonds is 3. The smallest absolute Gasteiger partial charge is 0.314 e. The summed E-state index contributed by atoms with van der Waals surface area (Å²) in [7, 11) is 0. The minimum absolute atomic E-state index is 0.115. The maximum absolute atomic E-state index is 11.4. The predicted molar refractivity (Wildman–Crippen MR) is 84.1 cm³/mol. The van der Waals surface area contributed by atoms with Crippen molar-refractivity contribution in [3.05, 3.63) is 58.0 Å². The number of nitro groups is 1. The Morgan fingerprint density at radius 3 is 2.86 bits per heavy atom. The molecule has 0 aliphatic carbocycles. The van der Waals surface area contributed by atoms with E-state index in [2.05, 4.69) is 9.97 Å². The van der Waals surface area contributed by atoms with Crippen molar-refractivity contribution in [1.29, 1.82) is 0 Å². The fraction of sp³-hybridized carbons (Fsp3) is 0.375. The molecule has 0 N–H and O–H groups in total. The lowest BCUT2D eigenvalue weighted by molar-refractivity contribution is -0.384. The molecule has 0 aromatic carbocycles. The van der Waals surface area contributed by atoms with E-state index < -0.39 is 0 Å². The molecule has 1 aliphatic heterocycles. The molecule has 1 fully saturated rings. The minimum atomic E-state index is -0.331. The van der Waals surface area contributed by atoms with Crippen LogP contribution < -0.4 is 4.90 Å². The first-order valence-electron chi connectivity index (χ1n) is 7.42. The molecule has 0 radical (unpaired) electrons. The maximum Gasteiger partial charge on any atom is 0.314 e. The van der Waals surface area contributed by atoms with E-state index in [9.17, 15) is 10.1 Å². The Kier molecular flexibility index (Phi) is 4.00. The van der Waals surface area contributed by atoms with Crippen molar-refractivity contribution < 1.29 is 4.92 Å². The van der Waals surface area contributed by atoms with E-state index in [1.165, 1.54) is 0 Å². The molecule has 1 atom stereocenters. The average molecular weight is 298 g/mol. The molecular formula is C16H18N4O2. The van der Waals surface area contributed by atoms with Crippen molar-refractivity contribution in [2.24, 2.45) is 0 Å². The average Bonchev–Trinajstić information content (AvgIpc) is 2.55. The zero-order chi connectivity index (χ0) is 15.5. The Morgan fingerprint density at radius 1 is 1.27 bits per heavy atom. The second-order valence-corrected chi connectivity index (χ2v) is 5.60. The molecule has 114 valence electrons. The maximum atomic E-state index is 11.4. The minimum Gasteiger partial charge on any atom is -0.350 e. The molecule has 6 nitrogen and oxygen atoms in total. The number of pyridine rings is 2. The number of anilines is 1. The van der Waals surface area contributed by atoms with Gasteiger partial charge in [-0.1, -0.05) is 6.07 Å². The van der Waals surface area contributed by atoms with Gasteiger partial charge in [-0.15, -0.1) is 0 Å². The topological polar surface area (TPSA) is 72.2 Å². The molecule has 0 spiro atoms. The van der Waals surface area contributed by atoms with Crippen molar-refractivity contribution in [2.45, 2.75) is 25.7 Å². The molecule has 3 rings (SSSR count). The van der Waals surface area contributed by atoms with Gasteiger partial charge in [0.2, 0.25) is 5.82 Å². The molecule has 2 aromatic rings. The highest BCUT2D eigenvalue weighted by atomic mass is 16.6. The number of hydrogen-bond donors (Lipinski definition) is 0. The van der Waals surface area contributed by atoms with Gasteiger partial charge in [-0.25, -0.2) is 4.98 Å². The third-order valence-corrected chi connectivity index (χ3v) is 4.12. The summed E-state index contributed by atoms with van der Waals surface area (Å²) in [6.45, 7) is 3.26. The summed E-state index contributed by atoms with van der Waals surface area (Å²) in [5, 5.41) is 11.4. The van der Waals surface area contributed by atoms with Gasteiger partial charge in [-0.2, -0.15) is 0 Å². The lowest BCUT2D eigenvalue weighted by Crippen LogP contribution is -2.35. The molecule has 1 saturated heterocycles. The molecule has 0 unspecified atom stereocenters. The third kappa shape index (κ3) is 2.77. The summed E-state index contributed by atoms with van der Waals surface area (Å²) < 4.78 is 0. The van der Waals surface area contributed by atoms with Crippen molar-refractivity contribution in [3.8, 4) is 0 Å². The number of aromatic nitrogens is 2. The van der Waals surface area contributed by atoms with Crippen LogP contribution in [0.15, 0.2) is 36.7 Å². The predicted octanol–water partition coefficient (Wildman–Crippen LogP) is 3.08. The van der Waals surface area contributed by atoms with Crippen LogP contribution in [0.5, 0.6) is 0 Å². The third-order valence-electron chi connectivity index (χ3n) is 4.12. The summed E-state index contributed by atoms with van der Waals surface area (Å²) in [6.07, 6.45) is 5.46. The van der Waals surface area contributed by atoms with Crippen LogP contribution in [0.3, 0.4) is 0 Å². The summed E-state index contributed by atoms with van der Waals surface area (Å²) in [5.74, 6) is 0.766. The molecule has 0 amide bonds. The van der Waals surface area contributed by atoms with Gasteiger partial charge in [0, 0.05) is 42.7 Å². The molecular weight excluding hydrogens is 280 g/mol. The van der Waals surface area contributed by atoms with Gasteiger partial charge in [0.1, 0.15) is 0 Å². The first-order chi connectivity index (χ1) is 10.7. The van der Waals surface area contributed by atoms with Gasteiger partial charge in [-0.05, 0) is 38.0 Å². The second-order valence-electron chi connectivity index (χ2n) is 5.60. The van der Waals surface area contributed by atoms with Crippen LogP contribution >= 0.6 is 0 Å². The van der Waals surface area contributed by atoms with Crippen molar-refractivity contribution >= 4 is 11.5 Å². The van der Waals surface area contributed by atoms with E-state index in [4.69, 9.17) is 0 Å². The Balaban J connectivity index is 1.90. The van der Waals surface area contributed by atoms with Crippen LogP contribution in [0.1, 0.15) is 30.0 Å². The SMILES string of the molecule is Cc1ccnc(N2CCC[C@@H](c3ccccn3)C2)c1[N+](=O)[O-]. The first-order valence-corrected chi connectivity index (χ1v) is 7.42. The molecule has 6 heteroatoms. The zero-order valence-electron chi connectivity index (χ0n) is 12.5. The Labute approximate surface area is 129 Å². The van der Waals surface area contributed by atoms with Crippen LogP contribution in [0.2, 0.25) is 0 Å². The van der Waals surface area contributed by atoms with Crippen LogP contribution in [0.4, 0.5) is 11.5 Å². The number of nitrogens with zero attached hydrogens (tertiary/aromatic N) is 4. The first kappa shape index (κ1) is 14.4. The van der Waals surface area contributed by atoms with E-state index in [0.29, 0.717) is 17.9 Å². The highest BCUT2D eigenvalue weighted by Gasteiger charge is 2.29. The van der Waals surface area contributed by atoms with Crippen molar-refractivity contribution in [2.75, 3.05) is 18.0 Å². The molecule has 2 aromatic heterocycles. The molecule has 0 saturated carbocycles. The van der Waals surface area contributed by atoms with Crippen molar-refractivity contribution in [3.63, 3.8) is 0 Å². The van der Waals surface area contributed by atoms with Crippen LogP contribution in [-0.4, -0.2) is 28.0 Å². The number of piperidine rings is 1. The summed E-state index contributed by atoms with van der Waals surface area (Å²) in [4.78, 5) is 21.8. The van der Waals surface area contributed by atoms with Crippen LogP contribution in [-0.2, 0) is 0 Å². The fourth-order valence-electron chi connectivity index (χ4n) is 3.02. The quantitative estimate of drug-likeness (QED) is 0.643. The molecule has 1 aliphatic rings. The van der Waals surface area contributed by atoms with Crippen molar-refractivity contribution in [1.82, 2.24) is 9.97 Å². The summed E-state index contributed by atoms with van der Waals surface area (Å²) in [6, 6.07) is 7.58. The summed E-state index contributed by atoms with van der Waals surface area (Å²) >= 11 is 0. The standard InChI is InChI=1S/C16H18N4O2/c1-12-7-9-18-16(15(12)20(21)22)19-10-4-5-13(11-19)14-6-2-3-8-17-14/h2-3,6-9,13H,4-5,10-11H2,1H3/t13-/m1/s1. The lowest BCUT2D eigenvalue weighted by Gasteiger charge is -2.33. The van der Waals surface area contributed by atoms with E-state index in [0.717, 1.165) is 25.1 Å². The van der Waals surface area contributed by atoms with Gasteiger partial charge < -0.3 is 4.90 Å². The van der Waals surface area contributed by atoms with Crippen LogP contribution in [0.25, 0.3) is 0 Å². The largest absolute Gasteiger partial charge is 0.350 e. The monoisotopic (exact) mass is 298 g/mol. The zero-order valence-corrected chi connectivity index (χ0v) is 12.5. The number of hydrogen-bond acceptors (Lipinski definition) is 5. The summed E-state index contributed by atoms with van der Waals surface area (Å²) in [5.41, 5.74) is 1.81. The van der Waals surface area contributed by atoms with E-state index >= 15 is 0 Å². The van der Waals surface area contributed by atoms with Crippen LogP contribution in [0, 0.1) is 17.0 Å². The number of aryl methyl sites for hydroxylation is 1. The van der Waals surface area contributed by atoms with Gasteiger partial charge in [0.15, 0.2) is 0 Å². The second kappa shape index (κ2) is 6.09. The Bertz CT molecular complexity index is 675. The lowest BCUT2D eigenvalue weighted by atomic mass is 9.94. The molecule has 22 heavy (non-hydrogen) atoms. The highest BCUT2D eigenvalue weighted by molar-refractivity contribution is 5.61. The Morgan fingerprint density at radius 2 is 2.14 bits per heavy atom. The normalized spacial score (nSPS) is 18.2. The molecule has 3 heterocycles. The van der Waals surface area contributed by atoms with E-state index in [-0.39, 0.29) is 16.5 Å². The van der Waals surface area contributed by atoms with E-state index in [1.54, 1.807) is 25.4 Å². The van der Waals surface area contributed by atoms with Gasteiger partial charge >= 0.3 is 5.69 Å². The fourth-order valence-corrected chi connectivity index (χ4v) is 3.02. The van der Waals surface area contributed by atoms with E-state index in [1.807, 2.05) is 23.1 Å². The Hall–Kier alpha value is -2.50. The highest BCUT2D eigenvalue weighted by Crippen LogP contribution is 2.34. The molecule has 0 bridgehead atoms.